The van der Waals surface area contributed by atoms with Gasteiger partial charge in [0.15, 0.2) is 23.0 Å². The predicted octanol–water partition coefficient (Wildman–Crippen LogP) is -0.503. The van der Waals surface area contributed by atoms with Crippen molar-refractivity contribution in [3.05, 3.63) is 5.82 Å². The fourth-order valence-electron chi connectivity index (χ4n) is 0.460. The third-order valence-corrected chi connectivity index (χ3v) is 1.43. The number of oxime groups is 1. The highest BCUT2D eigenvalue weighted by molar-refractivity contribution is 7.09. The maximum atomic E-state index is 10.1. The lowest BCUT2D eigenvalue weighted by Crippen LogP contribution is -2.04. The third-order valence-electron chi connectivity index (χ3n) is 0.890. The van der Waals surface area contributed by atoms with Crippen molar-refractivity contribution >= 4 is 28.7 Å². The Bertz CT molecular complexity index is 294. The number of rotatable bonds is 2. The maximum Gasteiger partial charge on any atom is 0.200 e. The van der Waals surface area contributed by atoms with E-state index in [2.05, 4.69) is 14.5 Å². The Labute approximate surface area is 65.5 Å². The summed E-state index contributed by atoms with van der Waals surface area (Å²) < 4.78 is 3.64. The number of hydrogen-bond donors (Lipinski definition) is 2. The van der Waals surface area contributed by atoms with Gasteiger partial charge in [-0.25, -0.2) is 0 Å². The lowest BCUT2D eigenvalue weighted by Gasteiger charge is -1.83. The van der Waals surface area contributed by atoms with Crippen LogP contribution in [0.4, 0.5) is 5.13 Å². The average Bonchev–Trinajstić information content (AvgIpc) is 2.39. The van der Waals surface area contributed by atoms with Crippen LogP contribution in [-0.2, 0) is 4.79 Å². The number of nitrogens with zero attached hydrogens (tertiary/aromatic N) is 3. The summed E-state index contributed by atoms with van der Waals surface area (Å²) in [4.78, 5) is 13.8. The van der Waals surface area contributed by atoms with Crippen molar-refractivity contribution in [2.75, 3.05) is 5.73 Å². The molecule has 0 saturated carbocycles. The minimum Gasteiger partial charge on any atom is -0.410 e. The number of carbonyl (C=O) groups is 1. The maximum absolute atomic E-state index is 10.1. The van der Waals surface area contributed by atoms with Gasteiger partial charge < -0.3 is 10.9 Å². The van der Waals surface area contributed by atoms with Crippen LogP contribution in [0.25, 0.3) is 0 Å². The van der Waals surface area contributed by atoms with Gasteiger partial charge in [0.25, 0.3) is 0 Å². The normalized spacial score (nSPS) is 11.5. The number of anilines is 1. The van der Waals surface area contributed by atoms with E-state index in [9.17, 15) is 4.79 Å². The van der Waals surface area contributed by atoms with Crippen molar-refractivity contribution in [3.63, 3.8) is 0 Å². The Morgan fingerprint density at radius 3 is 2.91 bits per heavy atom. The number of nitrogens with two attached hydrogens (primary N) is 1. The Morgan fingerprint density at radius 2 is 2.55 bits per heavy atom. The van der Waals surface area contributed by atoms with Crippen LogP contribution in [0.1, 0.15) is 5.82 Å². The van der Waals surface area contributed by atoms with Gasteiger partial charge in [0.2, 0.25) is 0 Å². The zero-order chi connectivity index (χ0) is 8.27. The van der Waals surface area contributed by atoms with Crippen LogP contribution in [0.2, 0.25) is 0 Å². The molecule has 0 aliphatic carbocycles. The molecule has 1 heterocycles. The summed E-state index contributed by atoms with van der Waals surface area (Å²) in [6.45, 7) is 0. The average molecular weight is 172 g/mol. The quantitative estimate of drug-likeness (QED) is 0.271. The van der Waals surface area contributed by atoms with E-state index in [1.807, 2.05) is 0 Å². The molecule has 0 aliphatic rings. The number of hydrogen-bond acceptors (Lipinski definition) is 7. The minimum absolute atomic E-state index is 0.0463. The largest absolute Gasteiger partial charge is 0.410 e. The van der Waals surface area contributed by atoms with Crippen LogP contribution in [0.3, 0.4) is 0 Å². The molecule has 1 rings (SSSR count). The Hall–Kier alpha value is -1.50. The Morgan fingerprint density at radius 1 is 1.82 bits per heavy atom. The molecular weight excluding hydrogens is 168 g/mol. The summed E-state index contributed by atoms with van der Waals surface area (Å²) in [7, 11) is 0. The molecule has 0 radical (unpaired) electrons. The highest BCUT2D eigenvalue weighted by Gasteiger charge is 2.08. The van der Waals surface area contributed by atoms with E-state index in [1.165, 1.54) is 0 Å². The Kier molecular flexibility index (Phi) is 2.12. The van der Waals surface area contributed by atoms with Crippen LogP contribution in [0, 0.1) is 0 Å². The molecule has 0 spiro atoms. The molecule has 3 N–H and O–H groups in total. The highest BCUT2D eigenvalue weighted by Crippen LogP contribution is 2.05. The van der Waals surface area contributed by atoms with Crippen LogP contribution in [0.15, 0.2) is 5.16 Å². The minimum atomic E-state index is -0.224. The van der Waals surface area contributed by atoms with Crippen LogP contribution in [-0.4, -0.2) is 26.6 Å². The van der Waals surface area contributed by atoms with Gasteiger partial charge in [-0.05, 0) is 0 Å². The van der Waals surface area contributed by atoms with E-state index in [-0.39, 0.29) is 16.7 Å². The first-order chi connectivity index (χ1) is 5.27. The van der Waals surface area contributed by atoms with E-state index < -0.39 is 0 Å². The van der Waals surface area contributed by atoms with Gasteiger partial charge in [-0.3, -0.25) is 4.79 Å². The summed E-state index contributed by atoms with van der Waals surface area (Å²) in [6, 6.07) is 0. The summed E-state index contributed by atoms with van der Waals surface area (Å²) in [5.74, 6) is 0.0463. The lowest BCUT2D eigenvalue weighted by molar-refractivity contribution is -0.102. The topological polar surface area (TPSA) is 101 Å². The smallest absolute Gasteiger partial charge is 0.200 e. The van der Waals surface area contributed by atoms with Crippen LogP contribution >= 0.6 is 11.5 Å². The van der Waals surface area contributed by atoms with Gasteiger partial charge in [0.1, 0.15) is 0 Å². The fraction of sp³-hybridized carbons (Fsp3) is 0. The third kappa shape index (κ3) is 1.49. The zero-order valence-electron chi connectivity index (χ0n) is 5.26. The summed E-state index contributed by atoms with van der Waals surface area (Å²) in [6.07, 6.45) is 0.349. The van der Waals surface area contributed by atoms with E-state index in [0.29, 0.717) is 6.29 Å². The van der Waals surface area contributed by atoms with Crippen molar-refractivity contribution in [1.29, 1.82) is 0 Å². The number of nitrogen functional groups attached to an aromatic ring is 1. The van der Waals surface area contributed by atoms with E-state index in [4.69, 9.17) is 10.9 Å². The lowest BCUT2D eigenvalue weighted by atomic mass is 10.4. The second-order valence-corrected chi connectivity index (χ2v) is 2.34. The molecule has 58 valence electrons. The van der Waals surface area contributed by atoms with Gasteiger partial charge in [0.05, 0.1) is 0 Å². The fourth-order valence-corrected chi connectivity index (χ4v) is 0.902. The van der Waals surface area contributed by atoms with Crippen molar-refractivity contribution in [2.45, 2.75) is 0 Å². The molecule has 7 heteroatoms. The standard InChI is InChI=1S/C4H4N4O2S/c5-4-6-3(8-11-4)2(1-9)7-10/h1,10H,(H2,5,6,8)/b7-2+. The molecular formula is C4H4N4O2S. The number of aromatic nitrogens is 2. The summed E-state index contributed by atoms with van der Waals surface area (Å²) in [5.41, 5.74) is 4.99. The molecule has 0 bridgehead atoms. The molecule has 0 amide bonds. The highest BCUT2D eigenvalue weighted by atomic mass is 32.1. The van der Waals surface area contributed by atoms with Crippen molar-refractivity contribution in [3.8, 4) is 0 Å². The molecule has 0 fully saturated rings. The molecule has 0 aromatic carbocycles. The molecule has 0 saturated heterocycles. The van der Waals surface area contributed by atoms with Crippen molar-refractivity contribution in [2.24, 2.45) is 5.16 Å². The monoisotopic (exact) mass is 172 g/mol. The molecule has 0 unspecified atom stereocenters. The second-order valence-electron chi connectivity index (χ2n) is 1.56. The van der Waals surface area contributed by atoms with E-state index >= 15 is 0 Å². The predicted molar refractivity (Wildman–Crippen MR) is 38.7 cm³/mol. The first-order valence-electron chi connectivity index (χ1n) is 2.54. The van der Waals surface area contributed by atoms with Gasteiger partial charge in [-0.2, -0.15) is 9.36 Å². The van der Waals surface area contributed by atoms with Crippen LogP contribution in [0.5, 0.6) is 0 Å². The number of carbonyl (C=O) groups excluding carboxylic acids is 1. The SMILES string of the molecule is Nc1nc(/C(C=O)=N/O)ns1. The van der Waals surface area contributed by atoms with Crippen molar-refractivity contribution in [1.82, 2.24) is 9.36 Å². The summed E-state index contributed by atoms with van der Waals surface area (Å²) >= 11 is 0.929. The van der Waals surface area contributed by atoms with E-state index in [1.54, 1.807) is 0 Å². The van der Waals surface area contributed by atoms with E-state index in [0.717, 1.165) is 11.5 Å². The Balaban J connectivity index is 3.00. The molecule has 0 aliphatic heterocycles. The summed E-state index contributed by atoms with van der Waals surface area (Å²) in [5, 5.41) is 11.1. The van der Waals surface area contributed by atoms with Crippen molar-refractivity contribution < 1.29 is 10.0 Å². The first kappa shape index (κ1) is 7.61. The number of aldehydes is 1. The molecule has 1 aromatic heterocycles. The molecule has 6 nitrogen and oxygen atoms in total. The van der Waals surface area contributed by atoms with Gasteiger partial charge in [-0.1, -0.05) is 5.16 Å². The molecule has 1 aromatic rings. The second kappa shape index (κ2) is 3.06. The van der Waals surface area contributed by atoms with Gasteiger partial charge in [-0.15, -0.1) is 0 Å². The zero-order valence-corrected chi connectivity index (χ0v) is 6.08. The van der Waals surface area contributed by atoms with Gasteiger partial charge in [0, 0.05) is 11.5 Å². The molecule has 0 atom stereocenters. The molecule has 11 heavy (non-hydrogen) atoms. The first-order valence-corrected chi connectivity index (χ1v) is 3.32. The van der Waals surface area contributed by atoms with Gasteiger partial charge >= 0.3 is 0 Å². The van der Waals surface area contributed by atoms with Crippen LogP contribution < -0.4 is 5.73 Å².